The predicted octanol–water partition coefficient (Wildman–Crippen LogP) is 2.34. The van der Waals surface area contributed by atoms with Crippen molar-refractivity contribution < 1.29 is 9.50 Å². The molecular weight excluding hydrogens is 181 g/mol. The van der Waals surface area contributed by atoms with Crippen LogP contribution in [0.5, 0.6) is 5.75 Å². The number of rotatable bonds is 2. The molecular formula is C8H9ClFNO. The molecule has 12 heavy (non-hydrogen) atoms. The predicted molar refractivity (Wildman–Crippen MR) is 45.5 cm³/mol. The highest BCUT2D eigenvalue weighted by atomic mass is 35.5. The van der Waals surface area contributed by atoms with E-state index in [1.54, 1.807) is 6.92 Å². The number of phenolic OH excluding ortho intramolecular Hbond substituents is 1. The second-order valence-corrected chi connectivity index (χ2v) is 2.75. The molecule has 0 bridgehead atoms. The molecule has 0 amide bonds. The number of hydrogen-bond donors (Lipinski definition) is 2. The van der Waals surface area contributed by atoms with Crippen LogP contribution in [0, 0.1) is 5.82 Å². The molecule has 0 heterocycles. The third kappa shape index (κ3) is 1.87. The van der Waals surface area contributed by atoms with Crippen molar-refractivity contribution in [2.75, 3.05) is 0 Å². The zero-order valence-corrected chi connectivity index (χ0v) is 7.27. The first kappa shape index (κ1) is 9.29. The van der Waals surface area contributed by atoms with Crippen molar-refractivity contribution >= 4 is 11.8 Å². The smallest absolute Gasteiger partial charge is 0.123 e. The van der Waals surface area contributed by atoms with E-state index >= 15 is 0 Å². The largest absolute Gasteiger partial charge is 0.508 e. The van der Waals surface area contributed by atoms with Crippen LogP contribution in [0.25, 0.3) is 0 Å². The molecule has 0 spiro atoms. The van der Waals surface area contributed by atoms with Crippen molar-refractivity contribution in [1.29, 1.82) is 0 Å². The van der Waals surface area contributed by atoms with E-state index in [4.69, 9.17) is 11.8 Å². The maximum Gasteiger partial charge on any atom is 0.123 e. The van der Waals surface area contributed by atoms with Gasteiger partial charge in [0.1, 0.15) is 11.6 Å². The lowest BCUT2D eigenvalue weighted by Crippen LogP contribution is -2.06. The third-order valence-corrected chi connectivity index (χ3v) is 1.95. The molecule has 1 aromatic rings. The molecule has 1 rings (SSSR count). The minimum atomic E-state index is -0.387. The van der Waals surface area contributed by atoms with Gasteiger partial charge in [0, 0.05) is 11.6 Å². The summed E-state index contributed by atoms with van der Waals surface area (Å²) >= 11 is 5.33. The maximum absolute atomic E-state index is 12.7. The fourth-order valence-electron chi connectivity index (χ4n) is 0.931. The minimum Gasteiger partial charge on any atom is -0.508 e. The van der Waals surface area contributed by atoms with Gasteiger partial charge in [-0.3, -0.25) is 0 Å². The van der Waals surface area contributed by atoms with Crippen molar-refractivity contribution in [3.05, 3.63) is 29.6 Å². The zero-order valence-electron chi connectivity index (χ0n) is 6.51. The lowest BCUT2D eigenvalue weighted by molar-refractivity contribution is 0.458. The average molecular weight is 190 g/mol. The third-order valence-electron chi connectivity index (χ3n) is 1.62. The summed E-state index contributed by atoms with van der Waals surface area (Å²) in [5.74, 6) is -0.349. The van der Waals surface area contributed by atoms with Gasteiger partial charge in [-0.05, 0) is 36.9 Å². The Bertz CT molecular complexity index is 280. The second kappa shape index (κ2) is 3.74. The first-order chi connectivity index (χ1) is 5.65. The lowest BCUT2D eigenvalue weighted by atomic mass is 10.1. The van der Waals surface area contributed by atoms with Crippen LogP contribution in [-0.4, -0.2) is 5.11 Å². The van der Waals surface area contributed by atoms with Crippen molar-refractivity contribution in [1.82, 2.24) is 4.84 Å². The molecule has 0 saturated carbocycles. The fourth-order valence-corrected chi connectivity index (χ4v) is 1.05. The van der Waals surface area contributed by atoms with Crippen LogP contribution in [0.4, 0.5) is 4.39 Å². The molecule has 0 aliphatic rings. The van der Waals surface area contributed by atoms with Crippen LogP contribution in [-0.2, 0) is 0 Å². The first-order valence-corrected chi connectivity index (χ1v) is 3.87. The summed E-state index contributed by atoms with van der Waals surface area (Å²) in [5, 5.41) is 9.27. The van der Waals surface area contributed by atoms with Crippen molar-refractivity contribution in [2.24, 2.45) is 0 Å². The van der Waals surface area contributed by atoms with Gasteiger partial charge in [-0.1, -0.05) is 0 Å². The molecule has 0 aliphatic heterocycles. The van der Waals surface area contributed by atoms with E-state index in [9.17, 15) is 9.50 Å². The Morgan fingerprint density at radius 3 is 2.83 bits per heavy atom. The van der Waals surface area contributed by atoms with Crippen LogP contribution in [0.1, 0.15) is 18.5 Å². The van der Waals surface area contributed by atoms with E-state index in [1.165, 1.54) is 18.2 Å². The molecule has 0 unspecified atom stereocenters. The number of hydrogen-bond acceptors (Lipinski definition) is 2. The van der Waals surface area contributed by atoms with E-state index < -0.39 is 0 Å². The molecule has 0 saturated heterocycles. The molecule has 0 radical (unpaired) electrons. The summed E-state index contributed by atoms with van der Waals surface area (Å²) in [6.07, 6.45) is 0. The Morgan fingerprint density at radius 1 is 1.58 bits per heavy atom. The van der Waals surface area contributed by atoms with Gasteiger partial charge in [-0.15, -0.1) is 0 Å². The molecule has 0 aromatic heterocycles. The van der Waals surface area contributed by atoms with E-state index in [-0.39, 0.29) is 17.6 Å². The monoisotopic (exact) mass is 189 g/mol. The minimum absolute atomic E-state index is 0.0389. The Labute approximate surface area is 75.1 Å². The lowest BCUT2D eigenvalue weighted by Gasteiger charge is -2.10. The molecule has 0 aliphatic carbocycles. The highest BCUT2D eigenvalue weighted by molar-refractivity contribution is 6.13. The van der Waals surface area contributed by atoms with Gasteiger partial charge in [0.15, 0.2) is 0 Å². The normalized spacial score (nSPS) is 12.9. The number of aromatic hydroxyl groups is 1. The maximum atomic E-state index is 12.7. The summed E-state index contributed by atoms with van der Waals surface area (Å²) in [5.41, 5.74) is 0.449. The van der Waals surface area contributed by atoms with Gasteiger partial charge in [-0.25, -0.2) is 9.23 Å². The molecule has 2 N–H and O–H groups in total. The topological polar surface area (TPSA) is 32.3 Å². The van der Waals surface area contributed by atoms with Gasteiger partial charge in [0.25, 0.3) is 0 Å². The molecule has 4 heteroatoms. The van der Waals surface area contributed by atoms with E-state index in [1.807, 2.05) is 0 Å². The zero-order chi connectivity index (χ0) is 9.14. The van der Waals surface area contributed by atoms with Crippen molar-refractivity contribution in [3.63, 3.8) is 0 Å². The molecule has 1 aromatic carbocycles. The highest BCUT2D eigenvalue weighted by Crippen LogP contribution is 2.24. The number of nitrogens with one attached hydrogen (secondary N) is 1. The number of phenols is 1. The van der Waals surface area contributed by atoms with Crippen LogP contribution < -0.4 is 4.84 Å². The van der Waals surface area contributed by atoms with Crippen LogP contribution in [0.15, 0.2) is 18.2 Å². The quantitative estimate of drug-likeness (QED) is 0.700. The van der Waals surface area contributed by atoms with E-state index in [0.717, 1.165) is 0 Å². The average Bonchev–Trinajstić information content (AvgIpc) is 2.08. The van der Waals surface area contributed by atoms with Crippen molar-refractivity contribution in [2.45, 2.75) is 13.0 Å². The standard InChI is InChI=1S/C8H9ClFNO/c1-5(11-9)7-4-6(10)2-3-8(7)12/h2-5,11-12H,1H3/t5-/m1/s1. The molecule has 0 fully saturated rings. The van der Waals surface area contributed by atoms with E-state index in [2.05, 4.69) is 4.84 Å². The summed E-state index contributed by atoms with van der Waals surface area (Å²) in [6.45, 7) is 1.72. The SMILES string of the molecule is C[C@@H](NCl)c1cc(F)ccc1O. The highest BCUT2D eigenvalue weighted by Gasteiger charge is 2.09. The van der Waals surface area contributed by atoms with E-state index in [0.29, 0.717) is 5.56 Å². The Kier molecular flexibility index (Phi) is 2.89. The number of benzene rings is 1. The number of halogens is 2. The van der Waals surface area contributed by atoms with Crippen LogP contribution >= 0.6 is 11.8 Å². The fraction of sp³-hybridized carbons (Fsp3) is 0.250. The van der Waals surface area contributed by atoms with Crippen LogP contribution in [0.3, 0.4) is 0 Å². The van der Waals surface area contributed by atoms with Crippen molar-refractivity contribution in [3.8, 4) is 5.75 Å². The summed E-state index contributed by atoms with van der Waals surface area (Å²) in [7, 11) is 0. The molecule has 1 atom stereocenters. The summed E-state index contributed by atoms with van der Waals surface area (Å²) < 4.78 is 12.7. The Hall–Kier alpha value is -0.800. The van der Waals surface area contributed by atoms with Gasteiger partial charge in [0.05, 0.1) is 0 Å². The first-order valence-electron chi connectivity index (χ1n) is 3.49. The Morgan fingerprint density at radius 2 is 2.25 bits per heavy atom. The van der Waals surface area contributed by atoms with Gasteiger partial charge >= 0.3 is 0 Å². The summed E-state index contributed by atoms with van der Waals surface area (Å²) in [6, 6.07) is 3.47. The van der Waals surface area contributed by atoms with Crippen LogP contribution in [0.2, 0.25) is 0 Å². The molecule has 66 valence electrons. The van der Waals surface area contributed by atoms with Gasteiger partial charge in [-0.2, -0.15) is 0 Å². The van der Waals surface area contributed by atoms with Gasteiger partial charge in [0.2, 0.25) is 0 Å². The summed E-state index contributed by atoms with van der Waals surface area (Å²) in [4.78, 5) is 2.39. The Balaban J connectivity index is 3.04. The van der Waals surface area contributed by atoms with Gasteiger partial charge < -0.3 is 5.11 Å². The second-order valence-electron chi connectivity index (χ2n) is 2.53. The molecule has 2 nitrogen and oxygen atoms in total.